The lowest BCUT2D eigenvalue weighted by molar-refractivity contribution is -0.128. The molecule has 0 aliphatic rings. The Kier molecular flexibility index (Phi) is 4.21. The molecule has 1 unspecified atom stereocenters. The van der Waals surface area contributed by atoms with Crippen LogP contribution in [0.25, 0.3) is 0 Å². The van der Waals surface area contributed by atoms with Crippen LogP contribution in [0.15, 0.2) is 18.3 Å². The quantitative estimate of drug-likeness (QED) is 0.879. The van der Waals surface area contributed by atoms with Gasteiger partial charge in [0.1, 0.15) is 5.82 Å². The van der Waals surface area contributed by atoms with Crippen LogP contribution in [-0.2, 0) is 4.79 Å². The van der Waals surface area contributed by atoms with Gasteiger partial charge in [0, 0.05) is 23.6 Å². The number of hydrogen-bond acceptors (Lipinski definition) is 2. The highest BCUT2D eigenvalue weighted by Gasteiger charge is 2.21. The number of pyridine rings is 1. The van der Waals surface area contributed by atoms with Gasteiger partial charge in [0.2, 0.25) is 5.91 Å². The van der Waals surface area contributed by atoms with Gasteiger partial charge in [0.25, 0.3) is 0 Å². The Labute approximate surface area is 101 Å². The number of carbonyl (C=O) groups is 1. The van der Waals surface area contributed by atoms with Gasteiger partial charge in [-0.2, -0.15) is 0 Å². The topological polar surface area (TPSA) is 42.0 Å². The van der Waals surface area contributed by atoms with Crippen molar-refractivity contribution in [2.45, 2.75) is 33.6 Å². The molecule has 1 aromatic heterocycles. The van der Waals surface area contributed by atoms with Crippen LogP contribution in [0.5, 0.6) is 0 Å². The van der Waals surface area contributed by atoms with E-state index < -0.39 is 5.41 Å². The van der Waals surface area contributed by atoms with Crippen molar-refractivity contribution in [1.82, 2.24) is 10.3 Å². The van der Waals surface area contributed by atoms with Crippen LogP contribution in [0.4, 0.5) is 4.39 Å². The summed E-state index contributed by atoms with van der Waals surface area (Å²) in [7, 11) is 0. The molecule has 4 heteroatoms. The van der Waals surface area contributed by atoms with E-state index in [1.165, 1.54) is 12.3 Å². The van der Waals surface area contributed by atoms with Gasteiger partial charge < -0.3 is 5.32 Å². The number of nitrogens with zero attached hydrogens (tertiary/aromatic N) is 1. The molecule has 1 atom stereocenters. The average Bonchev–Trinajstić information content (AvgIpc) is 2.25. The average molecular weight is 238 g/mol. The number of nitrogens with one attached hydrogen (secondary N) is 1. The Bertz CT molecular complexity index is 381. The number of carbonyl (C=O) groups excluding carboxylic acids is 1. The minimum Gasteiger partial charge on any atom is -0.355 e. The highest BCUT2D eigenvalue weighted by atomic mass is 19.1. The molecular weight excluding hydrogens is 219 g/mol. The molecule has 0 aromatic carbocycles. The summed E-state index contributed by atoms with van der Waals surface area (Å²) < 4.78 is 12.7. The van der Waals surface area contributed by atoms with Crippen molar-refractivity contribution in [3.8, 4) is 0 Å². The van der Waals surface area contributed by atoms with E-state index in [-0.39, 0.29) is 17.6 Å². The van der Waals surface area contributed by atoms with Gasteiger partial charge in [-0.15, -0.1) is 0 Å². The fourth-order valence-corrected chi connectivity index (χ4v) is 1.29. The Hall–Kier alpha value is -1.45. The number of amides is 1. The summed E-state index contributed by atoms with van der Waals surface area (Å²) in [5, 5.41) is 2.86. The predicted octanol–water partition coefficient (Wildman–Crippen LogP) is 2.49. The summed E-state index contributed by atoms with van der Waals surface area (Å²) >= 11 is 0. The van der Waals surface area contributed by atoms with Crippen molar-refractivity contribution < 1.29 is 9.18 Å². The van der Waals surface area contributed by atoms with Crippen LogP contribution in [0, 0.1) is 11.2 Å². The maximum Gasteiger partial charge on any atom is 0.225 e. The van der Waals surface area contributed by atoms with E-state index in [2.05, 4.69) is 10.3 Å². The largest absolute Gasteiger partial charge is 0.355 e. The molecular formula is C13H19FN2O. The standard InChI is InChI=1S/C13H19FN2O/c1-9(7-16-12(17)13(2,3)4)11-6-5-10(14)8-15-11/h5-6,8-9H,7H2,1-4H3,(H,16,17). The molecule has 0 spiro atoms. The van der Waals surface area contributed by atoms with E-state index in [0.717, 1.165) is 5.69 Å². The molecule has 1 aromatic rings. The van der Waals surface area contributed by atoms with Crippen molar-refractivity contribution in [3.63, 3.8) is 0 Å². The predicted molar refractivity (Wildman–Crippen MR) is 65.1 cm³/mol. The number of hydrogen-bond donors (Lipinski definition) is 1. The molecule has 0 aliphatic carbocycles. The maximum absolute atomic E-state index is 12.7. The van der Waals surface area contributed by atoms with Gasteiger partial charge in [-0.05, 0) is 12.1 Å². The van der Waals surface area contributed by atoms with Crippen LogP contribution in [0.2, 0.25) is 0 Å². The number of aromatic nitrogens is 1. The van der Waals surface area contributed by atoms with Crippen molar-refractivity contribution in [2.75, 3.05) is 6.54 Å². The Balaban J connectivity index is 2.53. The van der Waals surface area contributed by atoms with E-state index in [1.54, 1.807) is 6.07 Å². The van der Waals surface area contributed by atoms with Crippen LogP contribution < -0.4 is 5.32 Å². The minimum atomic E-state index is -0.393. The Morgan fingerprint density at radius 1 is 1.47 bits per heavy atom. The first-order valence-corrected chi connectivity index (χ1v) is 5.70. The third-order valence-electron chi connectivity index (χ3n) is 2.51. The normalized spacial score (nSPS) is 13.2. The summed E-state index contributed by atoms with van der Waals surface area (Å²) in [4.78, 5) is 15.7. The zero-order chi connectivity index (χ0) is 13.1. The van der Waals surface area contributed by atoms with Crippen LogP contribution in [0.3, 0.4) is 0 Å². The number of halogens is 1. The molecule has 0 fully saturated rings. The first-order chi connectivity index (χ1) is 7.80. The van der Waals surface area contributed by atoms with Crippen molar-refractivity contribution in [1.29, 1.82) is 0 Å². The molecule has 1 amide bonds. The van der Waals surface area contributed by atoms with Crippen LogP contribution in [0.1, 0.15) is 39.3 Å². The van der Waals surface area contributed by atoms with E-state index in [0.29, 0.717) is 6.54 Å². The summed E-state index contributed by atoms with van der Waals surface area (Å²) in [5.41, 5.74) is 0.385. The van der Waals surface area contributed by atoms with E-state index in [1.807, 2.05) is 27.7 Å². The van der Waals surface area contributed by atoms with Crippen LogP contribution >= 0.6 is 0 Å². The maximum atomic E-state index is 12.7. The van der Waals surface area contributed by atoms with E-state index >= 15 is 0 Å². The molecule has 1 rings (SSSR count). The lowest BCUT2D eigenvalue weighted by atomic mass is 9.95. The number of rotatable bonds is 3. The second-order valence-corrected chi connectivity index (χ2v) is 5.26. The van der Waals surface area contributed by atoms with Crippen molar-refractivity contribution in [2.24, 2.45) is 5.41 Å². The van der Waals surface area contributed by atoms with Gasteiger partial charge in [-0.1, -0.05) is 27.7 Å². The monoisotopic (exact) mass is 238 g/mol. The van der Waals surface area contributed by atoms with E-state index in [4.69, 9.17) is 0 Å². The summed E-state index contributed by atoms with van der Waals surface area (Å²) in [6.45, 7) is 8.05. The second kappa shape index (κ2) is 5.25. The van der Waals surface area contributed by atoms with Gasteiger partial charge in [-0.3, -0.25) is 9.78 Å². The first kappa shape index (κ1) is 13.6. The zero-order valence-electron chi connectivity index (χ0n) is 10.7. The Morgan fingerprint density at radius 2 is 2.12 bits per heavy atom. The molecule has 0 aliphatic heterocycles. The van der Waals surface area contributed by atoms with E-state index in [9.17, 15) is 9.18 Å². The highest BCUT2D eigenvalue weighted by molar-refractivity contribution is 5.81. The lowest BCUT2D eigenvalue weighted by Crippen LogP contribution is -2.36. The van der Waals surface area contributed by atoms with Gasteiger partial charge in [0.15, 0.2) is 0 Å². The lowest BCUT2D eigenvalue weighted by Gasteiger charge is -2.19. The van der Waals surface area contributed by atoms with Gasteiger partial charge in [-0.25, -0.2) is 4.39 Å². The fourth-order valence-electron chi connectivity index (χ4n) is 1.29. The zero-order valence-corrected chi connectivity index (χ0v) is 10.7. The molecule has 1 N–H and O–H groups in total. The van der Waals surface area contributed by atoms with Gasteiger partial charge >= 0.3 is 0 Å². The summed E-state index contributed by atoms with van der Waals surface area (Å²) in [6, 6.07) is 3.02. The Morgan fingerprint density at radius 3 is 2.59 bits per heavy atom. The summed E-state index contributed by atoms with van der Waals surface area (Å²) in [5.74, 6) is -0.270. The highest BCUT2D eigenvalue weighted by Crippen LogP contribution is 2.15. The second-order valence-electron chi connectivity index (χ2n) is 5.26. The minimum absolute atomic E-state index is 0.00598. The summed E-state index contributed by atoms with van der Waals surface area (Å²) in [6.07, 6.45) is 1.19. The molecule has 3 nitrogen and oxygen atoms in total. The molecule has 0 saturated carbocycles. The molecule has 1 heterocycles. The van der Waals surface area contributed by atoms with Crippen molar-refractivity contribution in [3.05, 3.63) is 29.8 Å². The molecule has 0 bridgehead atoms. The molecule has 17 heavy (non-hydrogen) atoms. The van der Waals surface area contributed by atoms with Crippen LogP contribution in [-0.4, -0.2) is 17.4 Å². The molecule has 0 saturated heterocycles. The molecule has 0 radical (unpaired) electrons. The first-order valence-electron chi connectivity index (χ1n) is 5.70. The van der Waals surface area contributed by atoms with Gasteiger partial charge in [0.05, 0.1) is 6.20 Å². The molecule has 94 valence electrons. The fraction of sp³-hybridized carbons (Fsp3) is 0.538. The smallest absolute Gasteiger partial charge is 0.225 e. The SMILES string of the molecule is CC(CNC(=O)C(C)(C)C)c1ccc(F)cn1. The third-order valence-corrected chi connectivity index (χ3v) is 2.51. The van der Waals surface area contributed by atoms with Crippen molar-refractivity contribution >= 4 is 5.91 Å². The third kappa shape index (κ3) is 4.13.